The van der Waals surface area contributed by atoms with Crippen molar-refractivity contribution < 1.29 is 19.2 Å². The zero-order chi connectivity index (χ0) is 21.7. The quantitative estimate of drug-likeness (QED) is 0.607. The highest BCUT2D eigenvalue weighted by molar-refractivity contribution is 6.02. The molecule has 0 atom stereocenters. The molecule has 0 aromatic heterocycles. The van der Waals surface area contributed by atoms with Crippen LogP contribution in [-0.4, -0.2) is 38.1 Å². The predicted octanol–water partition coefficient (Wildman–Crippen LogP) is 2.96. The summed E-state index contributed by atoms with van der Waals surface area (Å²) in [6, 6.07) is 23.9. The van der Waals surface area contributed by atoms with Gasteiger partial charge in [0, 0.05) is 23.9 Å². The Kier molecular flexibility index (Phi) is 6.33. The summed E-state index contributed by atoms with van der Waals surface area (Å²) in [4.78, 5) is 26.9. The lowest BCUT2D eigenvalue weighted by Crippen LogP contribution is -3.14. The molecule has 0 radical (unpaired) electrons. The molecule has 0 saturated carbocycles. The molecule has 0 unspecified atom stereocenters. The number of anilines is 1. The van der Waals surface area contributed by atoms with E-state index in [9.17, 15) is 9.59 Å². The first-order valence-electron chi connectivity index (χ1n) is 11.0. The zero-order valence-corrected chi connectivity index (χ0v) is 17.9. The minimum absolute atomic E-state index is 0.00491. The molecule has 4 rings (SSSR count). The number of fused-ring (bicyclic) bond motifs is 1. The summed E-state index contributed by atoms with van der Waals surface area (Å²) in [7, 11) is 0. The third-order valence-corrected chi connectivity index (χ3v) is 6.28. The number of hydrogen-bond donors (Lipinski definition) is 2. The van der Waals surface area contributed by atoms with E-state index in [1.807, 2.05) is 79.7 Å². The fourth-order valence-corrected chi connectivity index (χ4v) is 4.60. The van der Waals surface area contributed by atoms with Gasteiger partial charge in [0.1, 0.15) is 5.41 Å². The Labute approximate surface area is 183 Å². The fraction of sp³-hybridized carbons (Fsp3) is 0.308. The van der Waals surface area contributed by atoms with Crippen molar-refractivity contribution in [2.45, 2.75) is 25.2 Å². The number of rotatable bonds is 6. The van der Waals surface area contributed by atoms with Gasteiger partial charge in [0.2, 0.25) is 0 Å². The van der Waals surface area contributed by atoms with E-state index < -0.39 is 5.41 Å². The molecule has 160 valence electrons. The molecular weight excluding hydrogens is 388 g/mol. The van der Waals surface area contributed by atoms with E-state index >= 15 is 0 Å². The molecule has 1 aliphatic heterocycles. The molecule has 1 amide bonds. The molecule has 5 nitrogen and oxygen atoms in total. The van der Waals surface area contributed by atoms with Gasteiger partial charge in [-0.3, -0.25) is 9.59 Å². The van der Waals surface area contributed by atoms with Crippen LogP contribution >= 0.6 is 0 Å². The van der Waals surface area contributed by atoms with E-state index in [4.69, 9.17) is 4.74 Å². The Balaban J connectivity index is 1.43. The van der Waals surface area contributed by atoms with Gasteiger partial charge in [-0.15, -0.1) is 0 Å². The summed E-state index contributed by atoms with van der Waals surface area (Å²) in [6.45, 7) is 4.09. The lowest BCUT2D eigenvalue weighted by Gasteiger charge is -2.38. The average molecular weight is 418 g/mol. The summed E-state index contributed by atoms with van der Waals surface area (Å²) >= 11 is 0. The molecule has 31 heavy (non-hydrogen) atoms. The molecule has 2 N–H and O–H groups in total. The number of nitrogens with one attached hydrogen (secondary N) is 2. The van der Waals surface area contributed by atoms with E-state index in [1.165, 1.54) is 4.90 Å². The van der Waals surface area contributed by atoms with Gasteiger partial charge < -0.3 is 15.0 Å². The molecule has 1 fully saturated rings. The summed E-state index contributed by atoms with van der Waals surface area (Å²) in [5.74, 6) is -0.157. The van der Waals surface area contributed by atoms with Crippen LogP contribution in [0.1, 0.15) is 25.3 Å². The molecular formula is C26H29N2O3+. The summed E-state index contributed by atoms with van der Waals surface area (Å²) in [5.41, 5.74) is 1.23. The monoisotopic (exact) mass is 417 g/mol. The number of amides is 1. The number of ether oxygens (including phenoxy) is 1. The summed E-state index contributed by atoms with van der Waals surface area (Å²) in [6.07, 6.45) is 1.35. The van der Waals surface area contributed by atoms with Gasteiger partial charge in [-0.1, -0.05) is 66.7 Å². The van der Waals surface area contributed by atoms with E-state index in [2.05, 4.69) is 5.32 Å². The zero-order valence-electron chi connectivity index (χ0n) is 17.9. The van der Waals surface area contributed by atoms with Crippen LogP contribution in [0.25, 0.3) is 10.8 Å². The number of carbonyl (C=O) groups is 2. The van der Waals surface area contributed by atoms with Gasteiger partial charge in [0.15, 0.2) is 6.54 Å². The van der Waals surface area contributed by atoms with Crippen LogP contribution in [0.3, 0.4) is 0 Å². The van der Waals surface area contributed by atoms with Crippen LogP contribution in [-0.2, 0) is 19.7 Å². The SMILES string of the molecule is CCOC(=O)C1(c2ccccc2)CC[NH+](CC(=O)Nc2cccc3ccccc23)CC1. The molecule has 1 aliphatic rings. The van der Waals surface area contributed by atoms with Crippen molar-refractivity contribution in [3.05, 3.63) is 78.4 Å². The number of benzene rings is 3. The van der Waals surface area contributed by atoms with Gasteiger partial charge >= 0.3 is 5.97 Å². The number of hydrogen-bond acceptors (Lipinski definition) is 3. The van der Waals surface area contributed by atoms with E-state index in [0.29, 0.717) is 26.0 Å². The van der Waals surface area contributed by atoms with Crippen LogP contribution in [0.2, 0.25) is 0 Å². The number of likely N-dealkylation sites (tertiary alicyclic amines) is 1. The van der Waals surface area contributed by atoms with Gasteiger partial charge in [-0.25, -0.2) is 0 Å². The second-order valence-electron chi connectivity index (χ2n) is 8.17. The van der Waals surface area contributed by atoms with Crippen molar-refractivity contribution in [2.24, 2.45) is 0 Å². The smallest absolute Gasteiger partial charge is 0.317 e. The third-order valence-electron chi connectivity index (χ3n) is 6.28. The van der Waals surface area contributed by atoms with Gasteiger partial charge in [0.25, 0.3) is 5.91 Å². The van der Waals surface area contributed by atoms with Crippen molar-refractivity contribution in [3.8, 4) is 0 Å². The Morgan fingerprint density at radius 2 is 1.61 bits per heavy atom. The highest BCUT2D eigenvalue weighted by Gasteiger charge is 2.46. The molecule has 0 spiro atoms. The van der Waals surface area contributed by atoms with Crippen molar-refractivity contribution in [2.75, 3.05) is 31.6 Å². The van der Waals surface area contributed by atoms with Crippen LogP contribution < -0.4 is 10.2 Å². The normalized spacial score (nSPS) is 20.9. The highest BCUT2D eigenvalue weighted by Crippen LogP contribution is 2.34. The Hall–Kier alpha value is -3.18. The predicted molar refractivity (Wildman–Crippen MR) is 122 cm³/mol. The maximum absolute atomic E-state index is 12.9. The lowest BCUT2D eigenvalue weighted by atomic mass is 9.72. The first kappa shape index (κ1) is 21.1. The third kappa shape index (κ3) is 4.47. The average Bonchev–Trinajstić information content (AvgIpc) is 2.81. The standard InChI is InChI=1S/C26H28N2O3/c1-2-31-25(30)26(21-11-4-3-5-12-21)15-17-28(18-16-26)19-24(29)27-23-14-8-10-20-9-6-7-13-22(20)23/h3-14H,2,15-19H2,1H3,(H,27,29)/p+1. The van der Waals surface area contributed by atoms with E-state index in [1.54, 1.807) is 0 Å². The van der Waals surface area contributed by atoms with Gasteiger partial charge in [-0.2, -0.15) is 0 Å². The van der Waals surface area contributed by atoms with Crippen molar-refractivity contribution in [1.29, 1.82) is 0 Å². The van der Waals surface area contributed by atoms with Gasteiger partial charge in [0.05, 0.1) is 19.7 Å². The largest absolute Gasteiger partial charge is 0.465 e. The van der Waals surface area contributed by atoms with Crippen molar-refractivity contribution in [1.82, 2.24) is 0 Å². The first-order chi connectivity index (χ1) is 15.1. The maximum Gasteiger partial charge on any atom is 0.317 e. The highest BCUT2D eigenvalue weighted by atomic mass is 16.5. The first-order valence-corrected chi connectivity index (χ1v) is 11.0. The number of carbonyl (C=O) groups excluding carboxylic acids is 2. The molecule has 5 heteroatoms. The minimum atomic E-state index is -0.618. The van der Waals surface area contributed by atoms with Crippen LogP contribution in [0.15, 0.2) is 72.8 Å². The van der Waals surface area contributed by atoms with Crippen LogP contribution in [0.4, 0.5) is 5.69 Å². The number of esters is 1. The fourth-order valence-electron chi connectivity index (χ4n) is 4.60. The Morgan fingerprint density at radius 3 is 2.35 bits per heavy atom. The minimum Gasteiger partial charge on any atom is -0.465 e. The molecule has 3 aromatic rings. The Morgan fingerprint density at radius 1 is 0.935 bits per heavy atom. The molecule has 0 bridgehead atoms. The van der Waals surface area contributed by atoms with Crippen molar-refractivity contribution in [3.63, 3.8) is 0 Å². The second-order valence-corrected chi connectivity index (χ2v) is 8.17. The number of quaternary nitrogens is 1. The van der Waals surface area contributed by atoms with Crippen LogP contribution in [0, 0.1) is 0 Å². The molecule has 1 saturated heterocycles. The topological polar surface area (TPSA) is 59.8 Å². The molecule has 3 aromatic carbocycles. The maximum atomic E-state index is 12.9. The van der Waals surface area contributed by atoms with Crippen LogP contribution in [0.5, 0.6) is 0 Å². The molecule has 1 heterocycles. The summed E-state index contributed by atoms with van der Waals surface area (Å²) in [5, 5.41) is 5.22. The summed E-state index contributed by atoms with van der Waals surface area (Å²) < 4.78 is 5.45. The van der Waals surface area contributed by atoms with Crippen molar-refractivity contribution >= 4 is 28.3 Å². The van der Waals surface area contributed by atoms with Gasteiger partial charge in [-0.05, 0) is 23.9 Å². The lowest BCUT2D eigenvalue weighted by molar-refractivity contribution is -0.898. The Bertz CT molecular complexity index is 1050. The number of piperidine rings is 1. The van der Waals surface area contributed by atoms with E-state index in [-0.39, 0.29) is 11.9 Å². The second kappa shape index (κ2) is 9.31. The van der Waals surface area contributed by atoms with E-state index in [0.717, 1.165) is 35.1 Å². The molecule has 0 aliphatic carbocycles.